The van der Waals surface area contributed by atoms with Crippen LogP contribution >= 0.6 is 0 Å². The monoisotopic (exact) mass is 180 g/mol. The largest absolute Gasteiger partial charge is 0.508 e. The van der Waals surface area contributed by atoms with E-state index in [-0.39, 0.29) is 11.8 Å². The number of nitrogens with zero attached hydrogens (tertiary/aromatic N) is 1. The Hall–Kier alpha value is -1.51. The molecule has 70 valence electrons. The molecule has 1 rings (SSSR count). The SMILES string of the molecule is CC(C)[N+](O)=Cc1ccc(O)cc1. The highest BCUT2D eigenvalue weighted by atomic mass is 16.5. The summed E-state index contributed by atoms with van der Waals surface area (Å²) >= 11 is 0. The van der Waals surface area contributed by atoms with Gasteiger partial charge < -0.3 is 5.11 Å². The summed E-state index contributed by atoms with van der Waals surface area (Å²) in [6.07, 6.45) is 1.62. The number of benzene rings is 1. The minimum atomic E-state index is 0.0498. The molecule has 0 saturated carbocycles. The van der Waals surface area contributed by atoms with E-state index in [4.69, 9.17) is 5.11 Å². The number of phenols is 1. The van der Waals surface area contributed by atoms with Crippen LogP contribution in [-0.2, 0) is 0 Å². The molecule has 0 saturated heterocycles. The van der Waals surface area contributed by atoms with Crippen molar-refractivity contribution in [2.75, 3.05) is 0 Å². The van der Waals surface area contributed by atoms with Crippen LogP contribution in [0.5, 0.6) is 5.75 Å². The number of aromatic hydroxyl groups is 1. The summed E-state index contributed by atoms with van der Waals surface area (Å²) in [5.74, 6) is 0.228. The third-order valence-electron chi connectivity index (χ3n) is 1.70. The molecular weight excluding hydrogens is 166 g/mol. The van der Waals surface area contributed by atoms with Crippen molar-refractivity contribution in [3.63, 3.8) is 0 Å². The Morgan fingerprint density at radius 2 is 1.77 bits per heavy atom. The molecule has 1 aromatic carbocycles. The summed E-state index contributed by atoms with van der Waals surface area (Å²) in [5.41, 5.74) is 0.856. The Labute approximate surface area is 77.5 Å². The van der Waals surface area contributed by atoms with Crippen LogP contribution in [0, 0.1) is 0 Å². The van der Waals surface area contributed by atoms with Gasteiger partial charge in [0.25, 0.3) is 0 Å². The maximum Gasteiger partial charge on any atom is 0.222 e. The first-order valence-electron chi connectivity index (χ1n) is 4.20. The molecular formula is C10H14NO2+. The molecule has 13 heavy (non-hydrogen) atoms. The highest BCUT2D eigenvalue weighted by Crippen LogP contribution is 2.07. The fourth-order valence-corrected chi connectivity index (χ4v) is 0.862. The summed E-state index contributed by atoms with van der Waals surface area (Å²) in [6, 6.07) is 6.69. The van der Waals surface area contributed by atoms with Crippen molar-refractivity contribution in [2.45, 2.75) is 19.9 Å². The second-order valence-electron chi connectivity index (χ2n) is 3.19. The number of hydroxylamine groups is 1. The number of hydrogen-bond acceptors (Lipinski definition) is 2. The van der Waals surface area contributed by atoms with Gasteiger partial charge in [0.05, 0.1) is 0 Å². The molecule has 3 heteroatoms. The lowest BCUT2D eigenvalue weighted by atomic mass is 10.2. The summed E-state index contributed by atoms with van der Waals surface area (Å²) in [7, 11) is 0. The third-order valence-corrected chi connectivity index (χ3v) is 1.70. The third kappa shape index (κ3) is 2.78. The summed E-state index contributed by atoms with van der Waals surface area (Å²) in [6.45, 7) is 3.77. The second kappa shape index (κ2) is 3.94. The average Bonchev–Trinajstić information content (AvgIpc) is 2.08. The molecule has 0 aromatic heterocycles. The quantitative estimate of drug-likeness (QED) is 0.314. The number of hydrogen-bond donors (Lipinski definition) is 2. The molecule has 0 atom stereocenters. The summed E-state index contributed by atoms with van der Waals surface area (Å²) < 4.78 is 1.13. The zero-order valence-electron chi connectivity index (χ0n) is 7.81. The van der Waals surface area contributed by atoms with Gasteiger partial charge in [-0.25, -0.2) is 0 Å². The number of phenolic OH excluding ortho intramolecular Hbond substituents is 1. The van der Waals surface area contributed by atoms with Gasteiger partial charge in [-0.3, -0.25) is 5.21 Å². The minimum absolute atomic E-state index is 0.0498. The van der Waals surface area contributed by atoms with E-state index in [9.17, 15) is 5.21 Å². The molecule has 0 aliphatic carbocycles. The fraction of sp³-hybridized carbons (Fsp3) is 0.300. The van der Waals surface area contributed by atoms with E-state index in [0.29, 0.717) is 0 Å². The second-order valence-corrected chi connectivity index (χ2v) is 3.19. The Bertz CT molecular complexity index is 301. The van der Waals surface area contributed by atoms with Crippen molar-refractivity contribution < 1.29 is 15.1 Å². The molecule has 0 heterocycles. The highest BCUT2D eigenvalue weighted by Gasteiger charge is 2.06. The molecule has 3 nitrogen and oxygen atoms in total. The average molecular weight is 180 g/mol. The van der Waals surface area contributed by atoms with Crippen molar-refractivity contribution in [3.8, 4) is 5.75 Å². The molecule has 0 radical (unpaired) electrons. The highest BCUT2D eigenvalue weighted by molar-refractivity contribution is 5.75. The van der Waals surface area contributed by atoms with Crippen LogP contribution in [0.3, 0.4) is 0 Å². The van der Waals surface area contributed by atoms with Gasteiger partial charge in [-0.2, -0.15) is 0 Å². The lowest BCUT2D eigenvalue weighted by Crippen LogP contribution is -2.17. The predicted molar refractivity (Wildman–Crippen MR) is 50.5 cm³/mol. The molecule has 0 fully saturated rings. The molecule has 0 aliphatic heterocycles. The van der Waals surface area contributed by atoms with E-state index < -0.39 is 0 Å². The van der Waals surface area contributed by atoms with E-state index in [1.807, 2.05) is 13.8 Å². The minimum Gasteiger partial charge on any atom is -0.508 e. The fourth-order valence-electron chi connectivity index (χ4n) is 0.862. The maximum absolute atomic E-state index is 9.36. The van der Waals surface area contributed by atoms with E-state index in [1.54, 1.807) is 30.5 Å². The van der Waals surface area contributed by atoms with Gasteiger partial charge in [-0.05, 0) is 29.0 Å². The van der Waals surface area contributed by atoms with Gasteiger partial charge in [0.1, 0.15) is 5.75 Å². The first-order chi connectivity index (χ1) is 6.09. The normalized spacial score (nSPS) is 12.1. The van der Waals surface area contributed by atoms with Crippen LogP contribution in [0.25, 0.3) is 0 Å². The molecule has 0 spiro atoms. The van der Waals surface area contributed by atoms with Crippen LogP contribution in [0.1, 0.15) is 19.4 Å². The Kier molecular flexibility index (Phi) is 2.90. The van der Waals surface area contributed by atoms with Crippen LogP contribution in [0.4, 0.5) is 0 Å². The van der Waals surface area contributed by atoms with Crippen molar-refractivity contribution >= 4 is 6.21 Å². The van der Waals surface area contributed by atoms with E-state index in [0.717, 1.165) is 10.3 Å². The van der Waals surface area contributed by atoms with E-state index in [1.165, 1.54) is 0 Å². The molecule has 1 aromatic rings. The predicted octanol–water partition coefficient (Wildman–Crippen LogP) is 1.62. The van der Waals surface area contributed by atoms with Gasteiger partial charge in [0.15, 0.2) is 6.04 Å². The van der Waals surface area contributed by atoms with E-state index >= 15 is 0 Å². The van der Waals surface area contributed by atoms with Crippen LogP contribution in [-0.4, -0.2) is 27.3 Å². The molecule has 0 unspecified atom stereocenters. The van der Waals surface area contributed by atoms with Crippen molar-refractivity contribution in [1.82, 2.24) is 0 Å². The molecule has 0 aliphatic rings. The van der Waals surface area contributed by atoms with Crippen molar-refractivity contribution in [2.24, 2.45) is 0 Å². The molecule has 2 N–H and O–H groups in total. The lowest BCUT2D eigenvalue weighted by molar-refractivity contribution is -0.791. The zero-order valence-corrected chi connectivity index (χ0v) is 7.81. The van der Waals surface area contributed by atoms with Gasteiger partial charge in [-0.1, -0.05) is 0 Å². The smallest absolute Gasteiger partial charge is 0.222 e. The van der Waals surface area contributed by atoms with Gasteiger partial charge >= 0.3 is 0 Å². The summed E-state index contributed by atoms with van der Waals surface area (Å²) in [4.78, 5) is 0. The topological polar surface area (TPSA) is 43.5 Å². The molecule has 0 amide bonds. The van der Waals surface area contributed by atoms with Crippen molar-refractivity contribution in [3.05, 3.63) is 29.8 Å². The summed E-state index contributed by atoms with van der Waals surface area (Å²) in [5, 5.41) is 18.4. The van der Waals surface area contributed by atoms with Crippen molar-refractivity contribution in [1.29, 1.82) is 0 Å². The standard InChI is InChI=1S/C10H13NO2/c1-8(2)11(13)7-9-3-5-10(12)6-4-9/h3-8,13H,1-2H3/p+1. The zero-order chi connectivity index (χ0) is 9.84. The lowest BCUT2D eigenvalue weighted by Gasteiger charge is -1.96. The van der Waals surface area contributed by atoms with E-state index in [2.05, 4.69) is 0 Å². The molecule has 0 bridgehead atoms. The Morgan fingerprint density at radius 3 is 2.23 bits per heavy atom. The Morgan fingerprint density at radius 1 is 1.23 bits per heavy atom. The first kappa shape index (κ1) is 9.58. The Balaban J connectivity index is 2.85. The van der Waals surface area contributed by atoms with Gasteiger partial charge in [-0.15, -0.1) is 0 Å². The first-order valence-corrected chi connectivity index (χ1v) is 4.20. The number of rotatable bonds is 2. The van der Waals surface area contributed by atoms with Gasteiger partial charge in [0.2, 0.25) is 6.21 Å². The van der Waals surface area contributed by atoms with Gasteiger partial charge in [0, 0.05) is 19.4 Å². The maximum atomic E-state index is 9.36. The van der Waals surface area contributed by atoms with Crippen LogP contribution < -0.4 is 0 Å². The van der Waals surface area contributed by atoms with Crippen LogP contribution in [0.15, 0.2) is 24.3 Å². The van der Waals surface area contributed by atoms with Crippen LogP contribution in [0.2, 0.25) is 0 Å².